The molecule has 33 heavy (non-hydrogen) atoms. The number of ether oxygens (including phenoxy) is 1. The summed E-state index contributed by atoms with van der Waals surface area (Å²) in [7, 11) is -3.66. The highest BCUT2D eigenvalue weighted by Gasteiger charge is 2.31. The highest BCUT2D eigenvalue weighted by atomic mass is 32.2. The number of carbonyl (C=O) groups excluding carboxylic acids is 2. The molecule has 1 heterocycles. The lowest BCUT2D eigenvalue weighted by Gasteiger charge is -2.32. The Bertz CT molecular complexity index is 1130. The average Bonchev–Trinajstić information content (AvgIpc) is 2.79. The molecule has 1 aliphatic heterocycles. The van der Waals surface area contributed by atoms with Gasteiger partial charge in [0, 0.05) is 30.4 Å². The van der Waals surface area contributed by atoms with Crippen LogP contribution in [0.5, 0.6) is 0 Å². The average molecular weight is 476 g/mol. The molecular weight excluding hydrogens is 450 g/mol. The maximum atomic E-state index is 12.9. The number of piperidine rings is 1. The lowest BCUT2D eigenvalue weighted by Crippen LogP contribution is -2.41. The van der Waals surface area contributed by atoms with Gasteiger partial charge in [-0.25, -0.2) is 13.2 Å². The number of nitro benzene ring substituents is 1. The van der Waals surface area contributed by atoms with Crippen LogP contribution in [-0.4, -0.2) is 48.2 Å². The fourth-order valence-electron chi connectivity index (χ4n) is 3.52. The summed E-state index contributed by atoms with van der Waals surface area (Å²) in [6.45, 7) is 3.73. The summed E-state index contributed by atoms with van der Waals surface area (Å²) in [6, 6.07) is 10.6. The van der Waals surface area contributed by atoms with Crippen molar-refractivity contribution in [3.8, 4) is 0 Å². The second-order valence-electron chi connectivity index (χ2n) is 7.83. The van der Waals surface area contributed by atoms with Gasteiger partial charge in [-0.3, -0.25) is 14.9 Å². The number of rotatable bonds is 7. The van der Waals surface area contributed by atoms with E-state index in [1.54, 1.807) is 0 Å². The molecule has 0 spiro atoms. The number of nitrogens with one attached hydrogen (secondary N) is 1. The number of amides is 1. The minimum absolute atomic E-state index is 0.0801. The largest absolute Gasteiger partial charge is 0.449 e. The van der Waals surface area contributed by atoms with E-state index in [1.165, 1.54) is 59.8 Å². The SMILES string of the molecule is CC(OC(=O)c1ccc(S(=O)(=O)N2CCCCC2C)cc1)C(=O)Nc1ccc([N+](=O)[O-])cc1. The Morgan fingerprint density at radius 3 is 2.33 bits per heavy atom. The van der Waals surface area contributed by atoms with Crippen LogP contribution < -0.4 is 5.32 Å². The smallest absolute Gasteiger partial charge is 0.338 e. The first-order valence-corrected chi connectivity index (χ1v) is 11.9. The van der Waals surface area contributed by atoms with Gasteiger partial charge in [0.05, 0.1) is 15.4 Å². The minimum Gasteiger partial charge on any atom is -0.449 e. The second-order valence-corrected chi connectivity index (χ2v) is 9.72. The fraction of sp³-hybridized carbons (Fsp3) is 0.364. The predicted octanol–water partition coefficient (Wildman–Crippen LogP) is 3.34. The van der Waals surface area contributed by atoms with Crippen LogP contribution in [0.1, 0.15) is 43.5 Å². The van der Waals surface area contributed by atoms with E-state index >= 15 is 0 Å². The highest BCUT2D eigenvalue weighted by molar-refractivity contribution is 7.89. The number of hydrogen-bond acceptors (Lipinski definition) is 7. The van der Waals surface area contributed by atoms with Crippen LogP contribution in [0.3, 0.4) is 0 Å². The third-order valence-corrected chi connectivity index (χ3v) is 7.47. The van der Waals surface area contributed by atoms with Gasteiger partial charge in [-0.05, 0) is 63.1 Å². The normalized spacial score (nSPS) is 17.7. The predicted molar refractivity (Wildman–Crippen MR) is 120 cm³/mol. The van der Waals surface area contributed by atoms with Crippen molar-refractivity contribution >= 4 is 33.3 Å². The van der Waals surface area contributed by atoms with Gasteiger partial charge in [0.2, 0.25) is 10.0 Å². The van der Waals surface area contributed by atoms with Crippen molar-refractivity contribution in [3.63, 3.8) is 0 Å². The Labute approximate surface area is 191 Å². The van der Waals surface area contributed by atoms with Crippen molar-refractivity contribution in [1.29, 1.82) is 0 Å². The minimum atomic E-state index is -3.66. The molecule has 1 saturated heterocycles. The first kappa shape index (κ1) is 24.3. The van der Waals surface area contributed by atoms with Crippen molar-refractivity contribution in [2.75, 3.05) is 11.9 Å². The van der Waals surface area contributed by atoms with Gasteiger partial charge in [-0.15, -0.1) is 0 Å². The zero-order valence-electron chi connectivity index (χ0n) is 18.3. The summed E-state index contributed by atoms with van der Waals surface area (Å²) in [5, 5.41) is 13.2. The van der Waals surface area contributed by atoms with Crippen LogP contribution in [0.4, 0.5) is 11.4 Å². The lowest BCUT2D eigenvalue weighted by atomic mass is 10.1. The summed E-state index contributed by atoms with van der Waals surface area (Å²) < 4.78 is 32.4. The van der Waals surface area contributed by atoms with Crippen molar-refractivity contribution in [1.82, 2.24) is 4.31 Å². The lowest BCUT2D eigenvalue weighted by molar-refractivity contribution is -0.384. The first-order chi connectivity index (χ1) is 15.6. The molecule has 2 aromatic carbocycles. The van der Waals surface area contributed by atoms with E-state index in [4.69, 9.17) is 4.74 Å². The molecule has 1 amide bonds. The van der Waals surface area contributed by atoms with Gasteiger partial charge < -0.3 is 10.1 Å². The Morgan fingerprint density at radius 2 is 1.76 bits per heavy atom. The zero-order chi connectivity index (χ0) is 24.2. The summed E-state index contributed by atoms with van der Waals surface area (Å²) in [4.78, 5) is 34.9. The van der Waals surface area contributed by atoms with Crippen LogP contribution in [-0.2, 0) is 19.6 Å². The van der Waals surface area contributed by atoms with Crippen molar-refractivity contribution < 1.29 is 27.7 Å². The summed E-state index contributed by atoms with van der Waals surface area (Å²) in [5.41, 5.74) is 0.304. The Balaban J connectivity index is 1.61. The van der Waals surface area contributed by atoms with Gasteiger partial charge in [-0.2, -0.15) is 4.31 Å². The summed E-state index contributed by atoms with van der Waals surface area (Å²) in [5.74, 6) is -1.40. The number of hydrogen-bond donors (Lipinski definition) is 1. The molecule has 2 atom stereocenters. The number of carbonyl (C=O) groups is 2. The van der Waals surface area contributed by atoms with E-state index in [1.807, 2.05) is 6.92 Å². The number of esters is 1. The van der Waals surface area contributed by atoms with Crippen molar-refractivity contribution in [2.24, 2.45) is 0 Å². The van der Waals surface area contributed by atoms with E-state index in [-0.39, 0.29) is 22.2 Å². The quantitative estimate of drug-likeness (QED) is 0.368. The van der Waals surface area contributed by atoms with E-state index in [9.17, 15) is 28.1 Å². The van der Waals surface area contributed by atoms with Crippen LogP contribution in [0, 0.1) is 10.1 Å². The number of non-ortho nitro benzene ring substituents is 1. The number of anilines is 1. The Morgan fingerprint density at radius 1 is 1.12 bits per heavy atom. The van der Waals surface area contributed by atoms with Crippen LogP contribution in [0.25, 0.3) is 0 Å². The maximum absolute atomic E-state index is 12.9. The van der Waals surface area contributed by atoms with E-state index in [2.05, 4.69) is 5.32 Å². The molecule has 0 aliphatic carbocycles. The van der Waals surface area contributed by atoms with Gasteiger partial charge >= 0.3 is 5.97 Å². The van der Waals surface area contributed by atoms with E-state index < -0.39 is 32.9 Å². The van der Waals surface area contributed by atoms with Crippen LogP contribution >= 0.6 is 0 Å². The first-order valence-electron chi connectivity index (χ1n) is 10.5. The molecule has 11 heteroatoms. The Kier molecular flexibility index (Phi) is 7.44. The molecule has 3 rings (SSSR count). The van der Waals surface area contributed by atoms with E-state index in [0.717, 1.165) is 19.3 Å². The maximum Gasteiger partial charge on any atom is 0.338 e. The fourth-order valence-corrected chi connectivity index (χ4v) is 5.22. The van der Waals surface area contributed by atoms with E-state index in [0.29, 0.717) is 12.2 Å². The molecule has 1 N–H and O–H groups in total. The molecular formula is C22H25N3O7S. The molecule has 2 aromatic rings. The number of benzene rings is 2. The monoisotopic (exact) mass is 475 g/mol. The molecule has 1 fully saturated rings. The van der Waals surface area contributed by atoms with Gasteiger partial charge in [0.25, 0.3) is 11.6 Å². The second kappa shape index (κ2) is 10.1. The summed E-state index contributed by atoms with van der Waals surface area (Å²) in [6.07, 6.45) is 1.47. The van der Waals surface area contributed by atoms with Gasteiger partial charge in [0.1, 0.15) is 0 Å². The Hall–Kier alpha value is -3.31. The van der Waals surface area contributed by atoms with Gasteiger partial charge in [0.15, 0.2) is 6.10 Å². The zero-order valence-corrected chi connectivity index (χ0v) is 19.1. The topological polar surface area (TPSA) is 136 Å². The summed E-state index contributed by atoms with van der Waals surface area (Å²) >= 11 is 0. The highest BCUT2D eigenvalue weighted by Crippen LogP contribution is 2.25. The molecule has 1 aliphatic rings. The van der Waals surface area contributed by atoms with Gasteiger partial charge in [-0.1, -0.05) is 6.42 Å². The molecule has 0 aromatic heterocycles. The number of nitrogens with zero attached hydrogens (tertiary/aromatic N) is 2. The molecule has 0 radical (unpaired) electrons. The number of sulfonamides is 1. The van der Waals surface area contributed by atoms with Crippen LogP contribution in [0.2, 0.25) is 0 Å². The standard InChI is InChI=1S/C22H25N3O7S/c1-15-5-3-4-14-24(15)33(30,31)20-12-6-17(7-13-20)22(27)32-16(2)21(26)23-18-8-10-19(11-9-18)25(28)29/h6-13,15-16H,3-5,14H2,1-2H3,(H,23,26). The van der Waals surface area contributed by atoms with Crippen LogP contribution in [0.15, 0.2) is 53.4 Å². The number of nitro groups is 1. The molecule has 176 valence electrons. The molecule has 2 unspecified atom stereocenters. The van der Waals surface area contributed by atoms with Crippen molar-refractivity contribution in [2.45, 2.75) is 50.2 Å². The molecule has 0 saturated carbocycles. The van der Waals surface area contributed by atoms with Crippen molar-refractivity contribution in [3.05, 3.63) is 64.2 Å². The third kappa shape index (κ3) is 5.74. The molecule has 10 nitrogen and oxygen atoms in total. The molecule has 0 bridgehead atoms. The third-order valence-electron chi connectivity index (χ3n) is 5.44.